The molecule has 7 nitrogen and oxygen atoms in total. The van der Waals surface area contributed by atoms with Crippen LogP contribution >= 0.6 is 0 Å². The topological polar surface area (TPSA) is 129 Å². The fraction of sp³-hybridized carbons (Fsp3) is 0.588. The van der Waals surface area contributed by atoms with Gasteiger partial charge in [-0.05, 0) is 18.6 Å². The number of carbonyl (C=O) groups excluding carboxylic acids is 2. The number of carboxylic acid groups (broad SMARTS) is 2. The molecule has 1 heterocycles. The van der Waals surface area contributed by atoms with Gasteiger partial charge in [-0.25, -0.2) is 4.98 Å². The molecule has 1 aromatic heterocycles. The molecule has 0 aliphatic rings. The molecule has 1 rings (SSSR count). The number of H-pyrrole nitrogens is 1. The van der Waals surface area contributed by atoms with Gasteiger partial charge in [-0.15, -0.1) is 0 Å². The number of aliphatic hydroxyl groups excluding tert-OH is 1. The molecule has 1 atom stereocenters. The van der Waals surface area contributed by atoms with Crippen LogP contribution in [0.4, 0.5) is 0 Å². The molecule has 25 heavy (non-hydrogen) atoms. The smallest absolute Gasteiger partial charge is 0.547 e. The Morgan fingerprint density at radius 1 is 1.20 bits per heavy atom. The average molecular weight is 404 g/mol. The SMILES string of the molecule is CCCCCCCCCC(O)C(=O)[O-].O=C([O-])/C=C/c1cnc[nH]1.[Zn+2]. The summed E-state index contributed by atoms with van der Waals surface area (Å²) in [5.74, 6) is -2.56. The third kappa shape index (κ3) is 17.1. The van der Waals surface area contributed by atoms with Gasteiger partial charge in [0.1, 0.15) is 0 Å². The van der Waals surface area contributed by atoms with Crippen LogP contribution in [-0.4, -0.2) is 33.1 Å². The van der Waals surface area contributed by atoms with Gasteiger partial charge in [0.25, 0.3) is 0 Å². The Labute approximate surface area is 161 Å². The van der Waals surface area contributed by atoms with Gasteiger partial charge in [0, 0.05) is 0 Å². The van der Waals surface area contributed by atoms with Crippen molar-refractivity contribution in [1.82, 2.24) is 9.97 Å². The average Bonchev–Trinajstić information content (AvgIpc) is 3.06. The fourth-order valence-electron chi connectivity index (χ4n) is 1.93. The molecule has 0 aliphatic carbocycles. The predicted molar refractivity (Wildman–Crippen MR) is 86.3 cm³/mol. The van der Waals surface area contributed by atoms with Crippen molar-refractivity contribution in [2.45, 2.75) is 64.4 Å². The number of carbonyl (C=O) groups is 2. The Morgan fingerprint density at radius 2 is 1.80 bits per heavy atom. The summed E-state index contributed by atoms with van der Waals surface area (Å²) in [4.78, 5) is 26.4. The van der Waals surface area contributed by atoms with Crippen LogP contribution in [0.15, 0.2) is 18.6 Å². The van der Waals surface area contributed by atoms with Crippen molar-refractivity contribution in [3.05, 3.63) is 24.3 Å². The minimum absolute atomic E-state index is 0. The maximum Gasteiger partial charge on any atom is 2.00 e. The Bertz CT molecular complexity index is 477. The number of imidazole rings is 1. The number of unbranched alkanes of at least 4 members (excludes halogenated alkanes) is 6. The number of aliphatic hydroxyl groups is 1. The molecule has 136 valence electrons. The number of aromatic amines is 1. The predicted octanol–water partition coefficient (Wildman–Crippen LogP) is 0.408. The number of nitrogens with one attached hydrogen (secondary N) is 1. The third-order valence-corrected chi connectivity index (χ3v) is 3.27. The van der Waals surface area contributed by atoms with Crippen LogP contribution in [0.1, 0.15) is 64.0 Å². The summed E-state index contributed by atoms with van der Waals surface area (Å²) < 4.78 is 0. The van der Waals surface area contributed by atoms with E-state index < -0.39 is 18.0 Å². The first kappa shape index (κ1) is 25.7. The second kappa shape index (κ2) is 17.3. The van der Waals surface area contributed by atoms with Gasteiger partial charge in [0.05, 0.1) is 36.3 Å². The zero-order valence-corrected chi connectivity index (χ0v) is 17.7. The van der Waals surface area contributed by atoms with Crippen molar-refractivity contribution in [1.29, 1.82) is 0 Å². The van der Waals surface area contributed by atoms with Crippen LogP contribution in [0.25, 0.3) is 6.08 Å². The van der Waals surface area contributed by atoms with E-state index in [1.54, 1.807) is 0 Å². The van der Waals surface area contributed by atoms with E-state index in [1.807, 2.05) is 0 Å². The van der Waals surface area contributed by atoms with E-state index in [0.717, 1.165) is 25.3 Å². The van der Waals surface area contributed by atoms with E-state index in [1.165, 1.54) is 44.3 Å². The summed E-state index contributed by atoms with van der Waals surface area (Å²) >= 11 is 0. The van der Waals surface area contributed by atoms with Crippen molar-refractivity contribution in [3.8, 4) is 0 Å². The molecule has 0 aromatic carbocycles. The van der Waals surface area contributed by atoms with Crippen LogP contribution in [0.5, 0.6) is 0 Å². The first-order valence-corrected chi connectivity index (χ1v) is 8.23. The summed E-state index contributed by atoms with van der Waals surface area (Å²) in [5, 5.41) is 28.9. The van der Waals surface area contributed by atoms with Crippen molar-refractivity contribution >= 4 is 18.0 Å². The maximum absolute atomic E-state index is 10.1. The summed E-state index contributed by atoms with van der Waals surface area (Å²) in [6, 6.07) is 0. The van der Waals surface area contributed by atoms with Gasteiger partial charge < -0.3 is 29.9 Å². The van der Waals surface area contributed by atoms with Crippen LogP contribution in [0.3, 0.4) is 0 Å². The molecular weight excluding hydrogens is 378 g/mol. The fourth-order valence-corrected chi connectivity index (χ4v) is 1.93. The number of hydrogen-bond donors (Lipinski definition) is 2. The van der Waals surface area contributed by atoms with Crippen molar-refractivity contribution < 1.29 is 44.4 Å². The third-order valence-electron chi connectivity index (χ3n) is 3.27. The molecule has 2 N–H and O–H groups in total. The van der Waals surface area contributed by atoms with Gasteiger partial charge in [-0.1, -0.05) is 51.9 Å². The van der Waals surface area contributed by atoms with Crippen LogP contribution in [0, 0.1) is 0 Å². The van der Waals surface area contributed by atoms with E-state index in [4.69, 9.17) is 5.11 Å². The van der Waals surface area contributed by atoms with Gasteiger partial charge in [0.2, 0.25) is 0 Å². The first-order valence-electron chi connectivity index (χ1n) is 8.23. The summed E-state index contributed by atoms with van der Waals surface area (Å²) in [6.07, 6.45) is 12.3. The van der Waals surface area contributed by atoms with Gasteiger partial charge in [0.15, 0.2) is 0 Å². The Balaban J connectivity index is 0. The molecule has 0 fully saturated rings. The van der Waals surface area contributed by atoms with Crippen LogP contribution in [0.2, 0.25) is 0 Å². The van der Waals surface area contributed by atoms with Gasteiger partial charge in [-0.2, -0.15) is 0 Å². The molecule has 1 aromatic rings. The van der Waals surface area contributed by atoms with E-state index in [-0.39, 0.29) is 19.5 Å². The second-order valence-electron chi connectivity index (χ2n) is 5.40. The number of rotatable bonds is 11. The number of aliphatic carboxylic acids is 2. The minimum Gasteiger partial charge on any atom is -0.547 e. The van der Waals surface area contributed by atoms with E-state index in [9.17, 15) is 19.8 Å². The summed E-state index contributed by atoms with van der Waals surface area (Å²) in [5.41, 5.74) is 0.643. The van der Waals surface area contributed by atoms with Crippen molar-refractivity contribution in [2.24, 2.45) is 0 Å². The Morgan fingerprint density at radius 3 is 2.28 bits per heavy atom. The quantitative estimate of drug-likeness (QED) is 0.313. The van der Waals surface area contributed by atoms with E-state index >= 15 is 0 Å². The second-order valence-corrected chi connectivity index (χ2v) is 5.40. The molecule has 0 bridgehead atoms. The molecule has 0 aliphatic heterocycles. The number of carboxylic acids is 2. The molecule has 0 amide bonds. The Hall–Kier alpha value is -1.53. The van der Waals surface area contributed by atoms with Gasteiger partial charge >= 0.3 is 19.5 Å². The molecular formula is C17H26N2O5Zn. The van der Waals surface area contributed by atoms with E-state index in [2.05, 4.69) is 16.9 Å². The number of nitrogens with zero attached hydrogens (tertiary/aromatic N) is 1. The zero-order valence-electron chi connectivity index (χ0n) is 14.8. The van der Waals surface area contributed by atoms with Crippen LogP contribution < -0.4 is 10.2 Å². The molecule has 0 radical (unpaired) electrons. The normalized spacial score (nSPS) is 11.3. The monoisotopic (exact) mass is 402 g/mol. The summed E-state index contributed by atoms with van der Waals surface area (Å²) in [6.45, 7) is 2.18. The standard InChI is InChI=1S/C11H22O3.C6H6N2O2.Zn/c1-2-3-4-5-6-7-8-9-10(12)11(13)14;9-6(10)2-1-5-3-7-4-8-5;/h10,12H,2-9H2,1H3,(H,13,14);1-4H,(H,7,8)(H,9,10);/q;;+2/p-2/b;2-1+;. The van der Waals surface area contributed by atoms with Crippen LogP contribution in [-0.2, 0) is 29.1 Å². The number of aromatic nitrogens is 2. The first-order chi connectivity index (χ1) is 11.5. The summed E-state index contributed by atoms with van der Waals surface area (Å²) in [7, 11) is 0. The number of hydrogen-bond acceptors (Lipinski definition) is 6. The van der Waals surface area contributed by atoms with Gasteiger partial charge in [-0.3, -0.25) is 0 Å². The zero-order chi connectivity index (χ0) is 18.2. The maximum atomic E-state index is 10.1. The molecule has 8 heteroatoms. The molecule has 1 unspecified atom stereocenters. The molecule has 0 saturated heterocycles. The van der Waals surface area contributed by atoms with E-state index in [0.29, 0.717) is 12.1 Å². The van der Waals surface area contributed by atoms with Crippen molar-refractivity contribution in [2.75, 3.05) is 0 Å². The largest absolute Gasteiger partial charge is 2.00 e. The Kier molecular flexibility index (Phi) is 17.8. The minimum atomic E-state index is -1.35. The molecule has 0 spiro atoms. The molecule has 0 saturated carbocycles. The van der Waals surface area contributed by atoms with Crippen molar-refractivity contribution in [3.63, 3.8) is 0 Å².